The number of nitrogens with one attached hydrogen (secondary N) is 1. The van der Waals surface area contributed by atoms with Crippen molar-refractivity contribution in [1.82, 2.24) is 10.3 Å². The summed E-state index contributed by atoms with van der Waals surface area (Å²) in [6.07, 6.45) is 3.39. The van der Waals surface area contributed by atoms with Crippen LogP contribution in [0.15, 0.2) is 12.3 Å². The molecule has 0 radical (unpaired) electrons. The predicted octanol–water partition coefficient (Wildman–Crippen LogP) is 2.98. The lowest BCUT2D eigenvalue weighted by Crippen LogP contribution is -2.39. The second kappa shape index (κ2) is 6.38. The number of nitrogens with zero attached hydrogens (tertiary/aromatic N) is 2. The molecule has 0 spiro atoms. The summed E-state index contributed by atoms with van der Waals surface area (Å²) in [5.74, 6) is 1.56. The number of pyridine rings is 1. The molecule has 1 saturated heterocycles. The van der Waals surface area contributed by atoms with Crippen LogP contribution in [0.5, 0.6) is 0 Å². The van der Waals surface area contributed by atoms with Crippen LogP contribution in [0.4, 0.5) is 5.69 Å². The monoisotopic (exact) mass is 261 g/mol. The first-order valence-corrected chi connectivity index (χ1v) is 7.51. The Balaban J connectivity index is 2.23. The number of anilines is 1. The smallest absolute Gasteiger partial charge is 0.0445 e. The van der Waals surface area contributed by atoms with Crippen LogP contribution in [0.25, 0.3) is 0 Å². The van der Waals surface area contributed by atoms with Crippen molar-refractivity contribution < 1.29 is 0 Å². The molecular formula is C16H27N3. The van der Waals surface area contributed by atoms with Gasteiger partial charge < -0.3 is 10.2 Å². The highest BCUT2D eigenvalue weighted by Crippen LogP contribution is 2.29. The third kappa shape index (κ3) is 3.69. The highest BCUT2D eigenvalue weighted by molar-refractivity contribution is 5.54. The van der Waals surface area contributed by atoms with Crippen molar-refractivity contribution in [2.24, 2.45) is 11.8 Å². The van der Waals surface area contributed by atoms with Crippen LogP contribution in [0.1, 0.15) is 38.4 Å². The quantitative estimate of drug-likeness (QED) is 0.903. The van der Waals surface area contributed by atoms with Gasteiger partial charge in [0.15, 0.2) is 0 Å². The maximum absolute atomic E-state index is 4.46. The zero-order valence-corrected chi connectivity index (χ0v) is 12.7. The minimum Gasteiger partial charge on any atom is -0.371 e. The van der Waals surface area contributed by atoms with Crippen molar-refractivity contribution in [3.63, 3.8) is 0 Å². The van der Waals surface area contributed by atoms with Gasteiger partial charge in [0.2, 0.25) is 0 Å². The molecule has 3 nitrogen and oxygen atoms in total. The van der Waals surface area contributed by atoms with E-state index in [1.165, 1.54) is 30.8 Å². The van der Waals surface area contributed by atoms with E-state index in [9.17, 15) is 0 Å². The van der Waals surface area contributed by atoms with E-state index in [-0.39, 0.29) is 0 Å². The van der Waals surface area contributed by atoms with E-state index in [0.717, 1.165) is 30.6 Å². The fourth-order valence-electron chi connectivity index (χ4n) is 3.12. The number of hydrogen-bond acceptors (Lipinski definition) is 3. The standard InChI is InChI=1S/C16H27N3/c1-5-17-8-15-9-18-14(4)7-16(15)19-10-12(2)6-13(3)11-19/h7,9,12-13,17H,5-6,8,10-11H2,1-4H3. The van der Waals surface area contributed by atoms with E-state index >= 15 is 0 Å². The summed E-state index contributed by atoms with van der Waals surface area (Å²) >= 11 is 0. The SMILES string of the molecule is CCNCc1cnc(C)cc1N1CC(C)CC(C)C1. The molecule has 2 rings (SSSR count). The third-order valence-electron chi connectivity index (χ3n) is 3.87. The summed E-state index contributed by atoms with van der Waals surface area (Å²) in [5.41, 5.74) is 3.82. The second-order valence-corrected chi connectivity index (χ2v) is 6.09. The Bertz CT molecular complexity index is 406. The summed E-state index contributed by atoms with van der Waals surface area (Å²) in [5, 5.41) is 3.42. The van der Waals surface area contributed by atoms with Crippen LogP contribution in [-0.2, 0) is 6.54 Å². The van der Waals surface area contributed by atoms with Crippen molar-refractivity contribution in [2.45, 2.75) is 40.7 Å². The predicted molar refractivity (Wildman–Crippen MR) is 81.5 cm³/mol. The average molecular weight is 261 g/mol. The van der Waals surface area contributed by atoms with Gasteiger partial charge in [-0.3, -0.25) is 4.98 Å². The molecule has 0 aliphatic carbocycles. The Hall–Kier alpha value is -1.09. The van der Waals surface area contributed by atoms with Gasteiger partial charge in [0, 0.05) is 42.8 Å². The first-order valence-electron chi connectivity index (χ1n) is 7.51. The summed E-state index contributed by atoms with van der Waals surface area (Å²) < 4.78 is 0. The Morgan fingerprint density at radius 2 is 2.00 bits per heavy atom. The normalized spacial score (nSPS) is 23.7. The first-order chi connectivity index (χ1) is 9.10. The van der Waals surface area contributed by atoms with Crippen LogP contribution in [0.2, 0.25) is 0 Å². The third-order valence-corrected chi connectivity index (χ3v) is 3.87. The van der Waals surface area contributed by atoms with Crippen LogP contribution >= 0.6 is 0 Å². The Kier molecular flexibility index (Phi) is 4.81. The van der Waals surface area contributed by atoms with E-state index in [0.29, 0.717) is 0 Å². The van der Waals surface area contributed by atoms with Crippen molar-refractivity contribution >= 4 is 5.69 Å². The largest absolute Gasteiger partial charge is 0.371 e. The molecule has 106 valence electrons. The maximum Gasteiger partial charge on any atom is 0.0445 e. The highest BCUT2D eigenvalue weighted by Gasteiger charge is 2.23. The van der Waals surface area contributed by atoms with Crippen LogP contribution in [0.3, 0.4) is 0 Å². The molecule has 2 atom stereocenters. The van der Waals surface area contributed by atoms with Crippen molar-refractivity contribution in [3.8, 4) is 0 Å². The highest BCUT2D eigenvalue weighted by atomic mass is 15.1. The zero-order chi connectivity index (χ0) is 13.8. The van der Waals surface area contributed by atoms with Gasteiger partial charge in [-0.25, -0.2) is 0 Å². The minimum atomic E-state index is 0.782. The maximum atomic E-state index is 4.46. The lowest BCUT2D eigenvalue weighted by atomic mass is 9.91. The fourth-order valence-corrected chi connectivity index (χ4v) is 3.12. The Morgan fingerprint density at radius 1 is 1.32 bits per heavy atom. The molecule has 2 heterocycles. The molecule has 3 heteroatoms. The number of aromatic nitrogens is 1. The van der Waals surface area contributed by atoms with Gasteiger partial charge in [0.1, 0.15) is 0 Å². The van der Waals surface area contributed by atoms with E-state index in [4.69, 9.17) is 0 Å². The van der Waals surface area contributed by atoms with E-state index in [1.807, 2.05) is 6.20 Å². The van der Waals surface area contributed by atoms with Crippen molar-refractivity contribution in [2.75, 3.05) is 24.5 Å². The molecule has 2 unspecified atom stereocenters. The summed E-state index contributed by atoms with van der Waals surface area (Å²) in [6.45, 7) is 13.2. The van der Waals surface area contributed by atoms with E-state index in [2.05, 4.69) is 49.0 Å². The van der Waals surface area contributed by atoms with Gasteiger partial charge in [-0.05, 0) is 37.8 Å². The molecule has 0 amide bonds. The van der Waals surface area contributed by atoms with Gasteiger partial charge in [0.05, 0.1) is 0 Å². The fraction of sp³-hybridized carbons (Fsp3) is 0.688. The molecule has 1 aliphatic heterocycles. The lowest BCUT2D eigenvalue weighted by Gasteiger charge is -2.37. The Labute approximate surface area is 117 Å². The number of rotatable bonds is 4. The van der Waals surface area contributed by atoms with Crippen LogP contribution in [-0.4, -0.2) is 24.6 Å². The molecular weight excluding hydrogens is 234 g/mol. The van der Waals surface area contributed by atoms with Gasteiger partial charge in [0.25, 0.3) is 0 Å². The topological polar surface area (TPSA) is 28.2 Å². The molecule has 0 bridgehead atoms. The molecule has 1 fully saturated rings. The van der Waals surface area contributed by atoms with Crippen molar-refractivity contribution in [3.05, 3.63) is 23.5 Å². The second-order valence-electron chi connectivity index (χ2n) is 6.09. The molecule has 0 saturated carbocycles. The lowest BCUT2D eigenvalue weighted by molar-refractivity contribution is 0.356. The van der Waals surface area contributed by atoms with E-state index < -0.39 is 0 Å². The molecule has 1 aromatic heterocycles. The molecule has 1 N–H and O–H groups in total. The molecule has 1 aromatic rings. The first kappa shape index (κ1) is 14.3. The summed E-state index contributed by atoms with van der Waals surface area (Å²) in [4.78, 5) is 7.01. The van der Waals surface area contributed by atoms with Crippen molar-refractivity contribution in [1.29, 1.82) is 0 Å². The number of aryl methyl sites for hydroxylation is 1. The molecule has 0 aromatic carbocycles. The molecule has 19 heavy (non-hydrogen) atoms. The summed E-state index contributed by atoms with van der Waals surface area (Å²) in [7, 11) is 0. The Morgan fingerprint density at radius 3 is 2.63 bits per heavy atom. The van der Waals surface area contributed by atoms with Gasteiger partial charge >= 0.3 is 0 Å². The summed E-state index contributed by atoms with van der Waals surface area (Å²) in [6, 6.07) is 2.25. The molecule has 1 aliphatic rings. The zero-order valence-electron chi connectivity index (χ0n) is 12.7. The van der Waals surface area contributed by atoms with Gasteiger partial charge in [-0.1, -0.05) is 20.8 Å². The van der Waals surface area contributed by atoms with Gasteiger partial charge in [-0.15, -0.1) is 0 Å². The van der Waals surface area contributed by atoms with Gasteiger partial charge in [-0.2, -0.15) is 0 Å². The minimum absolute atomic E-state index is 0.782. The van der Waals surface area contributed by atoms with Crippen LogP contribution in [0, 0.1) is 18.8 Å². The van der Waals surface area contributed by atoms with E-state index in [1.54, 1.807) is 0 Å². The number of piperidine rings is 1. The average Bonchev–Trinajstić information content (AvgIpc) is 2.36. The number of hydrogen-bond donors (Lipinski definition) is 1. The van der Waals surface area contributed by atoms with Crippen LogP contribution < -0.4 is 10.2 Å².